The SMILES string of the molecule is CCOc1ccc(NC(=O)C(C(C)C)N2CC(C)OC(C)C2)cc1S(=O)(=O)N1CCCC1. The molecule has 0 aliphatic carbocycles. The molecule has 8 nitrogen and oxygen atoms in total. The highest BCUT2D eigenvalue weighted by molar-refractivity contribution is 7.89. The van der Waals surface area contributed by atoms with E-state index in [1.165, 1.54) is 10.4 Å². The summed E-state index contributed by atoms with van der Waals surface area (Å²) in [6.45, 7) is 12.6. The van der Waals surface area contributed by atoms with E-state index < -0.39 is 10.0 Å². The maximum absolute atomic E-state index is 13.3. The van der Waals surface area contributed by atoms with Gasteiger partial charge in [-0.25, -0.2) is 8.42 Å². The molecule has 3 atom stereocenters. The molecule has 0 spiro atoms. The van der Waals surface area contributed by atoms with E-state index >= 15 is 0 Å². The molecule has 1 N–H and O–H groups in total. The minimum atomic E-state index is -3.69. The van der Waals surface area contributed by atoms with Crippen LogP contribution >= 0.6 is 0 Å². The average molecular weight is 468 g/mol. The first-order valence-corrected chi connectivity index (χ1v) is 13.0. The molecule has 0 bridgehead atoms. The first kappa shape index (κ1) is 25.0. The van der Waals surface area contributed by atoms with Crippen LogP contribution in [0.4, 0.5) is 5.69 Å². The number of amides is 1. The standard InChI is InChI=1S/C23H37N3O5S/c1-6-30-20-10-9-19(13-21(20)32(28,29)26-11-7-8-12-26)24-23(27)22(16(2)3)25-14-17(4)31-18(5)15-25/h9-10,13,16-18,22H,6-8,11-12,14-15H2,1-5H3,(H,24,27). The van der Waals surface area contributed by atoms with Gasteiger partial charge in [-0.3, -0.25) is 9.69 Å². The summed E-state index contributed by atoms with van der Waals surface area (Å²) >= 11 is 0. The fourth-order valence-electron chi connectivity index (χ4n) is 4.68. The third-order valence-corrected chi connectivity index (χ3v) is 7.86. The fraction of sp³-hybridized carbons (Fsp3) is 0.696. The zero-order valence-corrected chi connectivity index (χ0v) is 20.7. The lowest BCUT2D eigenvalue weighted by molar-refractivity contribution is -0.130. The van der Waals surface area contributed by atoms with E-state index in [0.717, 1.165) is 12.8 Å². The topological polar surface area (TPSA) is 88.2 Å². The summed E-state index contributed by atoms with van der Waals surface area (Å²) in [5, 5.41) is 2.96. The van der Waals surface area contributed by atoms with E-state index in [-0.39, 0.29) is 35.0 Å². The quantitative estimate of drug-likeness (QED) is 0.632. The number of rotatable bonds is 8. The highest BCUT2D eigenvalue weighted by Crippen LogP contribution is 2.32. The maximum atomic E-state index is 13.3. The van der Waals surface area contributed by atoms with Crippen molar-refractivity contribution in [2.75, 3.05) is 38.1 Å². The van der Waals surface area contributed by atoms with Gasteiger partial charge in [0.2, 0.25) is 15.9 Å². The van der Waals surface area contributed by atoms with E-state index in [1.807, 2.05) is 34.6 Å². The van der Waals surface area contributed by atoms with Crippen LogP contribution in [0.25, 0.3) is 0 Å². The van der Waals surface area contributed by atoms with Crippen LogP contribution in [0.2, 0.25) is 0 Å². The molecule has 32 heavy (non-hydrogen) atoms. The highest BCUT2D eigenvalue weighted by Gasteiger charge is 2.35. The van der Waals surface area contributed by atoms with Crippen molar-refractivity contribution in [2.45, 2.75) is 70.6 Å². The highest BCUT2D eigenvalue weighted by atomic mass is 32.2. The lowest BCUT2D eigenvalue weighted by Gasteiger charge is -2.41. The summed E-state index contributed by atoms with van der Waals surface area (Å²) < 4.78 is 39.4. The molecule has 2 fully saturated rings. The summed E-state index contributed by atoms with van der Waals surface area (Å²) in [6.07, 6.45) is 1.81. The van der Waals surface area contributed by atoms with Gasteiger partial charge in [-0.05, 0) is 57.7 Å². The average Bonchev–Trinajstić information content (AvgIpc) is 3.24. The molecule has 2 saturated heterocycles. The van der Waals surface area contributed by atoms with Crippen LogP contribution in [-0.4, -0.2) is 74.6 Å². The Morgan fingerprint density at radius 3 is 2.38 bits per heavy atom. The van der Waals surface area contributed by atoms with E-state index in [2.05, 4.69) is 10.2 Å². The molecular formula is C23H37N3O5S. The number of nitrogens with one attached hydrogen (secondary N) is 1. The normalized spacial score (nSPS) is 23.9. The molecule has 3 rings (SSSR count). The Bertz CT molecular complexity index is 889. The van der Waals surface area contributed by atoms with Gasteiger partial charge in [0, 0.05) is 31.9 Å². The van der Waals surface area contributed by atoms with Crippen molar-refractivity contribution < 1.29 is 22.7 Å². The number of morpholine rings is 1. The number of hydrogen-bond acceptors (Lipinski definition) is 6. The van der Waals surface area contributed by atoms with Gasteiger partial charge in [0.25, 0.3) is 0 Å². The smallest absolute Gasteiger partial charge is 0.246 e. The third-order valence-electron chi connectivity index (χ3n) is 5.94. The Kier molecular flexibility index (Phi) is 8.19. The van der Waals surface area contributed by atoms with Crippen molar-refractivity contribution >= 4 is 21.6 Å². The van der Waals surface area contributed by atoms with E-state index in [1.54, 1.807) is 12.1 Å². The predicted molar refractivity (Wildman–Crippen MR) is 124 cm³/mol. The van der Waals surface area contributed by atoms with E-state index in [4.69, 9.17) is 9.47 Å². The van der Waals surface area contributed by atoms with Crippen LogP contribution in [0, 0.1) is 5.92 Å². The lowest BCUT2D eigenvalue weighted by atomic mass is 9.99. The number of carbonyl (C=O) groups excluding carboxylic acids is 1. The molecule has 3 unspecified atom stereocenters. The zero-order chi connectivity index (χ0) is 23.5. The molecule has 180 valence electrons. The van der Waals surface area contributed by atoms with Gasteiger partial charge < -0.3 is 14.8 Å². The van der Waals surface area contributed by atoms with Crippen molar-refractivity contribution in [3.05, 3.63) is 18.2 Å². The van der Waals surface area contributed by atoms with Gasteiger partial charge in [-0.2, -0.15) is 4.31 Å². The summed E-state index contributed by atoms with van der Waals surface area (Å²) in [5.74, 6) is 0.256. The minimum absolute atomic E-state index is 0.0514. The third kappa shape index (κ3) is 5.62. The molecule has 9 heteroatoms. The number of carbonyl (C=O) groups is 1. The summed E-state index contributed by atoms with van der Waals surface area (Å²) in [4.78, 5) is 15.6. The molecule has 2 aliphatic heterocycles. The second kappa shape index (κ2) is 10.5. The molecule has 1 aromatic carbocycles. The number of benzene rings is 1. The molecule has 0 radical (unpaired) electrons. The van der Waals surface area contributed by atoms with Crippen molar-refractivity contribution in [1.82, 2.24) is 9.21 Å². The van der Waals surface area contributed by atoms with Crippen LogP contribution in [0.15, 0.2) is 23.1 Å². The molecule has 1 amide bonds. The number of nitrogens with zero attached hydrogens (tertiary/aromatic N) is 2. The Labute approximate surface area is 192 Å². The van der Waals surface area contributed by atoms with Crippen molar-refractivity contribution in [3.63, 3.8) is 0 Å². The Balaban J connectivity index is 1.86. The van der Waals surface area contributed by atoms with Gasteiger partial charge in [0.15, 0.2) is 0 Å². The zero-order valence-electron chi connectivity index (χ0n) is 19.8. The lowest BCUT2D eigenvalue weighted by Crippen LogP contribution is -2.55. The van der Waals surface area contributed by atoms with Crippen LogP contribution in [0.1, 0.15) is 47.5 Å². The summed E-state index contributed by atoms with van der Waals surface area (Å²) in [5.41, 5.74) is 0.455. The van der Waals surface area contributed by atoms with Gasteiger partial charge >= 0.3 is 0 Å². The first-order valence-electron chi connectivity index (χ1n) is 11.6. The van der Waals surface area contributed by atoms with Crippen molar-refractivity contribution in [2.24, 2.45) is 5.92 Å². The Morgan fingerprint density at radius 1 is 1.19 bits per heavy atom. The van der Waals surface area contributed by atoms with Crippen LogP contribution in [0.3, 0.4) is 0 Å². The fourth-order valence-corrected chi connectivity index (χ4v) is 6.36. The second-order valence-corrected chi connectivity index (χ2v) is 11.0. The Morgan fingerprint density at radius 2 is 1.81 bits per heavy atom. The molecular weight excluding hydrogens is 430 g/mol. The van der Waals surface area contributed by atoms with Gasteiger partial charge in [0.05, 0.1) is 24.9 Å². The molecule has 0 aromatic heterocycles. The molecule has 2 heterocycles. The van der Waals surface area contributed by atoms with Gasteiger partial charge in [0.1, 0.15) is 10.6 Å². The van der Waals surface area contributed by atoms with E-state index in [9.17, 15) is 13.2 Å². The number of ether oxygens (including phenoxy) is 2. The largest absolute Gasteiger partial charge is 0.492 e. The van der Waals surface area contributed by atoms with Crippen LogP contribution in [-0.2, 0) is 19.6 Å². The van der Waals surface area contributed by atoms with Gasteiger partial charge in [-0.15, -0.1) is 0 Å². The Hall–Kier alpha value is -1.68. The summed E-state index contributed by atoms with van der Waals surface area (Å²) in [7, 11) is -3.69. The van der Waals surface area contributed by atoms with E-state index in [0.29, 0.717) is 44.2 Å². The number of hydrogen-bond donors (Lipinski definition) is 1. The van der Waals surface area contributed by atoms with Crippen LogP contribution in [0.5, 0.6) is 5.75 Å². The monoisotopic (exact) mass is 467 g/mol. The second-order valence-electron chi connectivity index (χ2n) is 9.10. The number of anilines is 1. The molecule has 2 aliphatic rings. The molecule has 0 saturated carbocycles. The number of sulfonamides is 1. The van der Waals surface area contributed by atoms with Crippen molar-refractivity contribution in [3.8, 4) is 5.75 Å². The maximum Gasteiger partial charge on any atom is 0.246 e. The molecule has 1 aromatic rings. The van der Waals surface area contributed by atoms with Gasteiger partial charge in [-0.1, -0.05) is 13.8 Å². The first-order chi connectivity index (χ1) is 15.1. The van der Waals surface area contributed by atoms with Crippen LogP contribution < -0.4 is 10.1 Å². The summed E-state index contributed by atoms with van der Waals surface area (Å²) in [6, 6.07) is 4.52. The predicted octanol–water partition coefficient (Wildman–Crippen LogP) is 2.94. The minimum Gasteiger partial charge on any atom is -0.492 e. The van der Waals surface area contributed by atoms with Crippen molar-refractivity contribution in [1.29, 1.82) is 0 Å².